The lowest BCUT2D eigenvalue weighted by Gasteiger charge is -2.39. The number of rotatable bonds is 4. The van der Waals surface area contributed by atoms with Crippen molar-refractivity contribution < 1.29 is 4.74 Å². The van der Waals surface area contributed by atoms with Crippen molar-refractivity contribution in [1.29, 1.82) is 0 Å². The van der Waals surface area contributed by atoms with Gasteiger partial charge in [-0.15, -0.1) is 0 Å². The molecule has 4 rings (SSSR count). The highest BCUT2D eigenvalue weighted by molar-refractivity contribution is 6.13. The van der Waals surface area contributed by atoms with Gasteiger partial charge in [-0.3, -0.25) is 9.89 Å². The molecule has 0 aromatic carbocycles. The molecule has 0 aromatic heterocycles. The maximum atomic E-state index is 5.99. The second kappa shape index (κ2) is 8.01. The van der Waals surface area contributed by atoms with Gasteiger partial charge in [-0.25, -0.2) is 4.99 Å². The second-order valence-corrected chi connectivity index (χ2v) is 9.13. The Kier molecular flexibility index (Phi) is 5.60. The third-order valence-corrected chi connectivity index (χ3v) is 6.30. The van der Waals surface area contributed by atoms with Gasteiger partial charge in [-0.2, -0.15) is 10.2 Å². The van der Waals surface area contributed by atoms with Crippen molar-refractivity contribution in [1.82, 2.24) is 9.80 Å². The molecule has 1 unspecified atom stereocenters. The molecule has 0 spiro atoms. The molecule has 158 valence electrons. The van der Waals surface area contributed by atoms with Crippen molar-refractivity contribution in [3.8, 4) is 0 Å². The lowest BCUT2D eigenvalue weighted by Crippen LogP contribution is -2.51. The van der Waals surface area contributed by atoms with E-state index in [9.17, 15) is 0 Å². The van der Waals surface area contributed by atoms with Crippen LogP contribution in [0, 0.1) is 0 Å². The summed E-state index contributed by atoms with van der Waals surface area (Å²) in [6, 6.07) is 0.604. The first kappa shape index (κ1) is 20.3. The van der Waals surface area contributed by atoms with Crippen molar-refractivity contribution in [2.24, 2.45) is 20.2 Å². The molecule has 29 heavy (non-hydrogen) atoms. The predicted molar refractivity (Wildman–Crippen MR) is 116 cm³/mol. The molecule has 4 aliphatic rings. The summed E-state index contributed by atoms with van der Waals surface area (Å²) in [6.45, 7) is 15.6. The van der Waals surface area contributed by atoms with Gasteiger partial charge in [0.2, 0.25) is 0 Å². The van der Waals surface area contributed by atoms with Crippen molar-refractivity contribution in [2.75, 3.05) is 32.8 Å². The molecule has 1 fully saturated rings. The minimum Gasteiger partial charge on any atom is -0.495 e. The van der Waals surface area contributed by atoms with Crippen LogP contribution in [0.5, 0.6) is 0 Å². The highest BCUT2D eigenvalue weighted by Crippen LogP contribution is 2.43. The van der Waals surface area contributed by atoms with Crippen LogP contribution in [-0.4, -0.2) is 71.9 Å². The molecule has 0 saturated carbocycles. The molecule has 7 nitrogen and oxygen atoms in total. The minimum absolute atomic E-state index is 0.181. The van der Waals surface area contributed by atoms with E-state index in [1.54, 1.807) is 0 Å². The molecule has 0 amide bonds. The van der Waals surface area contributed by atoms with E-state index >= 15 is 0 Å². The number of amidine groups is 1. The Morgan fingerprint density at radius 1 is 1.03 bits per heavy atom. The molecular formula is C22H34N6O. The molecule has 1 aliphatic carbocycles. The van der Waals surface area contributed by atoms with Crippen molar-refractivity contribution >= 4 is 11.5 Å². The number of azo groups is 1. The Morgan fingerprint density at radius 3 is 2.48 bits per heavy atom. The number of piperazine rings is 1. The summed E-state index contributed by atoms with van der Waals surface area (Å²) in [4.78, 5) is 14.4. The molecule has 7 heteroatoms. The summed E-state index contributed by atoms with van der Waals surface area (Å²) < 4.78 is 5.99. The predicted octanol–water partition coefficient (Wildman–Crippen LogP) is 3.79. The van der Waals surface area contributed by atoms with Gasteiger partial charge in [0.05, 0.1) is 17.6 Å². The Bertz CT molecular complexity index is 798. The van der Waals surface area contributed by atoms with Gasteiger partial charge >= 0.3 is 0 Å². The van der Waals surface area contributed by atoms with Crippen molar-refractivity contribution in [3.05, 3.63) is 23.1 Å². The summed E-state index contributed by atoms with van der Waals surface area (Å²) in [5.41, 5.74) is 3.01. The molecule has 0 N–H and O–H groups in total. The number of hydrogen-bond donors (Lipinski definition) is 0. The SMILES string of the molecule is CC(C)OC1=CCC2(C)N=NC(C3=NCN=C(N4CCN(C(C)C)CC4)C3)=C2C1. The largest absolute Gasteiger partial charge is 0.495 e. The topological polar surface area (TPSA) is 65.2 Å². The molecule has 1 saturated heterocycles. The van der Waals surface area contributed by atoms with Gasteiger partial charge in [-0.1, -0.05) is 0 Å². The zero-order valence-corrected chi connectivity index (χ0v) is 18.5. The van der Waals surface area contributed by atoms with Crippen molar-refractivity contribution in [3.63, 3.8) is 0 Å². The lowest BCUT2D eigenvalue weighted by atomic mass is 9.81. The van der Waals surface area contributed by atoms with Crippen LogP contribution in [0.3, 0.4) is 0 Å². The molecule has 0 bridgehead atoms. The number of ether oxygens (including phenoxy) is 1. The smallest absolute Gasteiger partial charge is 0.131 e. The fraction of sp³-hybridized carbons (Fsp3) is 0.727. The summed E-state index contributed by atoms with van der Waals surface area (Å²) in [6.07, 6.45) is 4.72. The van der Waals surface area contributed by atoms with Crippen LogP contribution in [-0.2, 0) is 4.74 Å². The maximum Gasteiger partial charge on any atom is 0.131 e. The van der Waals surface area contributed by atoms with Crippen LogP contribution >= 0.6 is 0 Å². The Hall–Kier alpha value is -2.02. The summed E-state index contributed by atoms with van der Waals surface area (Å²) in [5.74, 6) is 2.19. The summed E-state index contributed by atoms with van der Waals surface area (Å²) in [5, 5.41) is 9.24. The number of nitrogens with zero attached hydrogens (tertiary/aromatic N) is 6. The van der Waals surface area contributed by atoms with E-state index in [1.165, 1.54) is 5.57 Å². The van der Waals surface area contributed by atoms with E-state index in [4.69, 9.17) is 14.7 Å². The molecule has 3 aliphatic heterocycles. The quantitative estimate of drug-likeness (QED) is 0.724. The van der Waals surface area contributed by atoms with Crippen LogP contribution in [0.2, 0.25) is 0 Å². The van der Waals surface area contributed by atoms with Crippen LogP contribution in [0.1, 0.15) is 53.9 Å². The fourth-order valence-electron chi connectivity index (χ4n) is 4.49. The molecule has 1 atom stereocenters. The minimum atomic E-state index is -0.251. The van der Waals surface area contributed by atoms with E-state index in [-0.39, 0.29) is 11.6 Å². The maximum absolute atomic E-state index is 5.99. The van der Waals surface area contributed by atoms with Crippen LogP contribution in [0.4, 0.5) is 0 Å². The van der Waals surface area contributed by atoms with Crippen LogP contribution < -0.4 is 0 Å². The third-order valence-electron chi connectivity index (χ3n) is 6.30. The van der Waals surface area contributed by atoms with E-state index in [0.29, 0.717) is 12.7 Å². The molecule has 0 radical (unpaired) electrons. The van der Waals surface area contributed by atoms with E-state index in [1.807, 2.05) is 0 Å². The van der Waals surface area contributed by atoms with Gasteiger partial charge < -0.3 is 9.64 Å². The first-order valence-electron chi connectivity index (χ1n) is 10.9. The average molecular weight is 399 g/mol. The van der Waals surface area contributed by atoms with E-state index < -0.39 is 0 Å². The second-order valence-electron chi connectivity index (χ2n) is 9.13. The lowest BCUT2D eigenvalue weighted by molar-refractivity contribution is 0.137. The molecular weight excluding hydrogens is 364 g/mol. The third kappa shape index (κ3) is 4.15. The highest BCUT2D eigenvalue weighted by atomic mass is 16.5. The number of allylic oxidation sites excluding steroid dienone is 2. The van der Waals surface area contributed by atoms with Gasteiger partial charge in [0.25, 0.3) is 0 Å². The van der Waals surface area contributed by atoms with E-state index in [0.717, 1.165) is 68.4 Å². The summed E-state index contributed by atoms with van der Waals surface area (Å²) >= 11 is 0. The number of aliphatic imine (C=N–C) groups is 2. The summed E-state index contributed by atoms with van der Waals surface area (Å²) in [7, 11) is 0. The highest BCUT2D eigenvalue weighted by Gasteiger charge is 2.40. The van der Waals surface area contributed by atoms with Gasteiger partial charge in [0.1, 0.15) is 23.7 Å². The first-order valence-corrected chi connectivity index (χ1v) is 10.9. The van der Waals surface area contributed by atoms with Gasteiger partial charge in [0.15, 0.2) is 0 Å². The zero-order valence-electron chi connectivity index (χ0n) is 18.5. The van der Waals surface area contributed by atoms with Crippen LogP contribution in [0.25, 0.3) is 0 Å². The van der Waals surface area contributed by atoms with E-state index in [2.05, 4.69) is 60.7 Å². The van der Waals surface area contributed by atoms with Gasteiger partial charge in [0, 0.05) is 45.1 Å². The number of hydrogen-bond acceptors (Lipinski definition) is 7. The number of fused-ring (bicyclic) bond motifs is 1. The van der Waals surface area contributed by atoms with Gasteiger partial charge in [-0.05, 0) is 52.7 Å². The Balaban J connectivity index is 1.48. The monoisotopic (exact) mass is 398 g/mol. The first-order chi connectivity index (χ1) is 13.9. The van der Waals surface area contributed by atoms with Crippen LogP contribution in [0.15, 0.2) is 43.3 Å². The zero-order chi connectivity index (χ0) is 20.6. The fourth-order valence-corrected chi connectivity index (χ4v) is 4.49. The normalized spacial score (nSPS) is 28.0. The van der Waals surface area contributed by atoms with Crippen molar-refractivity contribution in [2.45, 2.75) is 71.6 Å². The standard InChI is InChI=1S/C22H34N6O/c1-15(2)27-8-10-28(11-9-27)20-13-19(23-14-24-20)21-18-12-17(29-16(3)4)6-7-22(18,5)26-25-21/h6,15-16H,7-14H2,1-5H3. The average Bonchev–Trinajstić information content (AvgIpc) is 3.05. The molecule has 3 heterocycles. The Labute approximate surface area is 174 Å². The Morgan fingerprint density at radius 2 is 1.79 bits per heavy atom. The molecule has 0 aromatic rings.